The van der Waals surface area contributed by atoms with E-state index in [1.54, 1.807) is 13.1 Å². The molecule has 1 aliphatic carbocycles. The zero-order chi connectivity index (χ0) is 18.9. The summed E-state index contributed by atoms with van der Waals surface area (Å²) in [7, 11) is 1.72. The van der Waals surface area contributed by atoms with Gasteiger partial charge in [-0.15, -0.1) is 0 Å². The molecule has 26 heavy (non-hydrogen) atoms. The molecule has 1 atom stereocenters. The van der Waals surface area contributed by atoms with Crippen LogP contribution in [0.15, 0.2) is 23.2 Å². The van der Waals surface area contributed by atoms with Gasteiger partial charge in [-0.3, -0.25) is 4.99 Å². The minimum atomic E-state index is -0.314. The van der Waals surface area contributed by atoms with Gasteiger partial charge < -0.3 is 20.1 Å². The molecule has 0 saturated heterocycles. The summed E-state index contributed by atoms with van der Waals surface area (Å²) in [6.45, 7) is 8.12. The third-order valence-corrected chi connectivity index (χ3v) is 4.27. The van der Waals surface area contributed by atoms with Crippen molar-refractivity contribution in [2.24, 2.45) is 10.9 Å². The van der Waals surface area contributed by atoms with Gasteiger partial charge in [-0.05, 0) is 63.6 Å². The van der Waals surface area contributed by atoms with Crippen LogP contribution in [0.3, 0.4) is 0 Å². The van der Waals surface area contributed by atoms with Crippen LogP contribution >= 0.6 is 0 Å². The minimum absolute atomic E-state index is 0.0694. The van der Waals surface area contributed by atoms with Crippen molar-refractivity contribution in [1.29, 1.82) is 0 Å². The van der Waals surface area contributed by atoms with Gasteiger partial charge in [-0.2, -0.15) is 0 Å². The number of rotatable bonds is 10. The number of hydrogen-bond donors (Lipinski definition) is 2. The van der Waals surface area contributed by atoms with E-state index >= 15 is 0 Å². The van der Waals surface area contributed by atoms with E-state index in [0.29, 0.717) is 30.8 Å². The van der Waals surface area contributed by atoms with Crippen LogP contribution in [-0.2, 0) is 4.74 Å². The van der Waals surface area contributed by atoms with Gasteiger partial charge in [-0.1, -0.05) is 6.07 Å². The monoisotopic (exact) mass is 365 g/mol. The maximum absolute atomic E-state index is 14.2. The van der Waals surface area contributed by atoms with Gasteiger partial charge >= 0.3 is 0 Å². The molecular weight excluding hydrogens is 333 g/mol. The Bertz CT molecular complexity index is 588. The summed E-state index contributed by atoms with van der Waals surface area (Å²) >= 11 is 0. The lowest BCUT2D eigenvalue weighted by Crippen LogP contribution is -2.39. The highest BCUT2D eigenvalue weighted by Gasteiger charge is 2.22. The van der Waals surface area contributed by atoms with Crippen LogP contribution in [0, 0.1) is 11.7 Å². The predicted octanol–water partition coefficient (Wildman–Crippen LogP) is 3.66. The molecule has 1 saturated carbocycles. The van der Waals surface area contributed by atoms with Gasteiger partial charge in [-0.25, -0.2) is 4.39 Å². The molecule has 0 spiro atoms. The van der Waals surface area contributed by atoms with Crippen LogP contribution < -0.4 is 15.4 Å². The largest absolute Gasteiger partial charge is 0.490 e. The van der Waals surface area contributed by atoms with Crippen LogP contribution in [0.25, 0.3) is 0 Å². The molecule has 0 bridgehead atoms. The SMILES string of the molecule is CN=C(NCCCOC(C)C)NC(C)c1ccc(OCC2CC2)c(F)c1. The van der Waals surface area contributed by atoms with E-state index in [-0.39, 0.29) is 18.0 Å². The summed E-state index contributed by atoms with van der Waals surface area (Å²) in [5.41, 5.74) is 0.854. The second-order valence-electron chi connectivity index (χ2n) is 7.08. The second kappa shape index (κ2) is 10.4. The molecule has 0 aromatic heterocycles. The number of benzene rings is 1. The first-order valence-corrected chi connectivity index (χ1v) is 9.50. The zero-order valence-electron chi connectivity index (χ0n) is 16.3. The summed E-state index contributed by atoms with van der Waals surface area (Å²) in [5.74, 6) is 1.32. The highest BCUT2D eigenvalue weighted by molar-refractivity contribution is 5.80. The van der Waals surface area contributed by atoms with Crippen molar-refractivity contribution in [3.05, 3.63) is 29.6 Å². The first-order chi connectivity index (χ1) is 12.5. The Morgan fingerprint density at radius 2 is 2.08 bits per heavy atom. The summed E-state index contributed by atoms with van der Waals surface area (Å²) in [6, 6.07) is 5.07. The molecule has 0 aliphatic heterocycles. The summed E-state index contributed by atoms with van der Waals surface area (Å²) < 4.78 is 25.3. The van der Waals surface area contributed by atoms with Crippen molar-refractivity contribution < 1.29 is 13.9 Å². The van der Waals surface area contributed by atoms with Gasteiger partial charge in [0, 0.05) is 20.2 Å². The van der Waals surface area contributed by atoms with E-state index in [0.717, 1.165) is 18.5 Å². The minimum Gasteiger partial charge on any atom is -0.490 e. The van der Waals surface area contributed by atoms with Crippen molar-refractivity contribution in [2.45, 2.75) is 52.2 Å². The smallest absolute Gasteiger partial charge is 0.191 e. The molecule has 0 heterocycles. The average molecular weight is 365 g/mol. The van der Waals surface area contributed by atoms with E-state index in [9.17, 15) is 4.39 Å². The highest BCUT2D eigenvalue weighted by Crippen LogP contribution is 2.30. The second-order valence-corrected chi connectivity index (χ2v) is 7.08. The molecule has 1 unspecified atom stereocenters. The maximum atomic E-state index is 14.2. The standard InChI is InChI=1S/C20H32FN3O2/c1-14(2)25-11-5-10-23-20(22-4)24-15(3)17-8-9-19(18(21)12-17)26-13-16-6-7-16/h8-9,12,14-16H,5-7,10-11,13H2,1-4H3,(H2,22,23,24). The van der Waals surface area contributed by atoms with E-state index in [4.69, 9.17) is 9.47 Å². The van der Waals surface area contributed by atoms with Crippen LogP contribution in [0.5, 0.6) is 5.75 Å². The zero-order valence-corrected chi connectivity index (χ0v) is 16.3. The third kappa shape index (κ3) is 7.20. The van der Waals surface area contributed by atoms with E-state index in [1.807, 2.05) is 26.8 Å². The normalized spacial score (nSPS) is 15.8. The number of ether oxygens (including phenoxy) is 2. The van der Waals surface area contributed by atoms with Crippen molar-refractivity contribution >= 4 is 5.96 Å². The van der Waals surface area contributed by atoms with E-state index in [1.165, 1.54) is 18.9 Å². The molecule has 6 heteroatoms. The molecule has 0 amide bonds. The number of aliphatic imine (C=N–C) groups is 1. The Morgan fingerprint density at radius 1 is 1.31 bits per heavy atom. The summed E-state index contributed by atoms with van der Waals surface area (Å²) in [6.07, 6.45) is 3.53. The number of guanidine groups is 1. The summed E-state index contributed by atoms with van der Waals surface area (Å²) in [5, 5.41) is 6.53. The molecule has 146 valence electrons. The van der Waals surface area contributed by atoms with E-state index < -0.39 is 0 Å². The Morgan fingerprint density at radius 3 is 2.69 bits per heavy atom. The molecule has 1 fully saturated rings. The third-order valence-electron chi connectivity index (χ3n) is 4.27. The van der Waals surface area contributed by atoms with Gasteiger partial charge in [0.25, 0.3) is 0 Å². The number of nitrogens with zero attached hydrogens (tertiary/aromatic N) is 1. The van der Waals surface area contributed by atoms with Crippen LogP contribution in [0.1, 0.15) is 51.6 Å². The van der Waals surface area contributed by atoms with Gasteiger partial charge in [0.15, 0.2) is 17.5 Å². The number of nitrogens with one attached hydrogen (secondary N) is 2. The lowest BCUT2D eigenvalue weighted by molar-refractivity contribution is 0.0776. The quantitative estimate of drug-likeness (QED) is 0.377. The van der Waals surface area contributed by atoms with Crippen molar-refractivity contribution in [2.75, 3.05) is 26.8 Å². The van der Waals surface area contributed by atoms with Crippen LogP contribution in [0.2, 0.25) is 0 Å². The number of halogens is 1. The molecule has 2 rings (SSSR count). The fourth-order valence-corrected chi connectivity index (χ4v) is 2.48. The molecule has 1 aromatic rings. The van der Waals surface area contributed by atoms with Gasteiger partial charge in [0.1, 0.15) is 0 Å². The van der Waals surface area contributed by atoms with Crippen LogP contribution in [-0.4, -0.2) is 38.9 Å². The molecular formula is C20H32FN3O2. The first kappa shape index (κ1) is 20.5. The average Bonchev–Trinajstić information content (AvgIpc) is 3.43. The van der Waals surface area contributed by atoms with Crippen molar-refractivity contribution in [3.8, 4) is 5.75 Å². The first-order valence-electron chi connectivity index (χ1n) is 9.50. The lowest BCUT2D eigenvalue weighted by Gasteiger charge is -2.19. The Hall–Kier alpha value is -1.82. The Kier molecular flexibility index (Phi) is 8.16. The Labute approximate surface area is 156 Å². The Balaban J connectivity index is 1.78. The summed E-state index contributed by atoms with van der Waals surface area (Å²) in [4.78, 5) is 4.22. The maximum Gasteiger partial charge on any atom is 0.191 e. The predicted molar refractivity (Wildman–Crippen MR) is 103 cm³/mol. The molecule has 1 aliphatic rings. The van der Waals surface area contributed by atoms with E-state index in [2.05, 4.69) is 15.6 Å². The van der Waals surface area contributed by atoms with Crippen molar-refractivity contribution in [3.63, 3.8) is 0 Å². The molecule has 2 N–H and O–H groups in total. The number of hydrogen-bond acceptors (Lipinski definition) is 3. The van der Waals surface area contributed by atoms with Gasteiger partial charge in [0.05, 0.1) is 18.8 Å². The molecule has 1 aromatic carbocycles. The van der Waals surface area contributed by atoms with Crippen molar-refractivity contribution in [1.82, 2.24) is 10.6 Å². The van der Waals surface area contributed by atoms with Crippen LogP contribution in [0.4, 0.5) is 4.39 Å². The fraction of sp³-hybridized carbons (Fsp3) is 0.650. The van der Waals surface area contributed by atoms with Gasteiger partial charge in [0.2, 0.25) is 0 Å². The topological polar surface area (TPSA) is 54.9 Å². The molecule has 0 radical (unpaired) electrons. The highest BCUT2D eigenvalue weighted by atomic mass is 19.1. The lowest BCUT2D eigenvalue weighted by atomic mass is 10.1. The fourth-order valence-electron chi connectivity index (χ4n) is 2.48. The molecule has 5 nitrogen and oxygen atoms in total.